The number of halogens is 2. The Kier molecular flexibility index (Phi) is 4.86. The topological polar surface area (TPSA) is 64.7 Å². The molecule has 2 bridgehead atoms. The lowest BCUT2D eigenvalue weighted by Crippen LogP contribution is -2.51. The lowest BCUT2D eigenvalue weighted by molar-refractivity contribution is -0.124. The lowest BCUT2D eigenvalue weighted by Gasteiger charge is -2.33. The first kappa shape index (κ1) is 18.7. The van der Waals surface area contributed by atoms with Gasteiger partial charge in [0.25, 0.3) is 0 Å². The number of carbonyl (C=O) groups is 2. The van der Waals surface area contributed by atoms with Crippen molar-refractivity contribution in [1.82, 2.24) is 15.1 Å². The number of benzene rings is 1. The Bertz CT molecular complexity index is 770. The highest BCUT2D eigenvalue weighted by Crippen LogP contribution is 2.34. The molecule has 0 radical (unpaired) electrons. The van der Waals surface area contributed by atoms with Gasteiger partial charge in [-0.05, 0) is 44.4 Å². The van der Waals surface area contributed by atoms with Crippen molar-refractivity contribution in [2.45, 2.75) is 43.8 Å². The largest absolute Gasteiger partial charge is 0.350 e. The van der Waals surface area contributed by atoms with E-state index in [4.69, 9.17) is 11.6 Å². The summed E-state index contributed by atoms with van der Waals surface area (Å²) in [6.07, 6.45) is 3.11. The first-order chi connectivity index (χ1) is 12.8. The SMILES string of the molecule is CC1(NC(=O)CN2CC3CC2CN3CC(=O)Nc2ccc(F)c(Cl)c2)CC1. The van der Waals surface area contributed by atoms with E-state index in [2.05, 4.69) is 27.4 Å². The average Bonchev–Trinajstić information content (AvgIpc) is 3.00. The van der Waals surface area contributed by atoms with Crippen molar-refractivity contribution in [3.8, 4) is 0 Å². The van der Waals surface area contributed by atoms with Crippen molar-refractivity contribution in [3.05, 3.63) is 29.0 Å². The van der Waals surface area contributed by atoms with Gasteiger partial charge in [-0.15, -0.1) is 0 Å². The number of amides is 2. The van der Waals surface area contributed by atoms with E-state index in [1.165, 1.54) is 18.2 Å². The van der Waals surface area contributed by atoms with Crippen LogP contribution in [0.1, 0.15) is 26.2 Å². The molecule has 1 aromatic rings. The summed E-state index contributed by atoms with van der Waals surface area (Å²) in [6, 6.07) is 4.75. The van der Waals surface area contributed by atoms with Gasteiger partial charge in [0.15, 0.2) is 0 Å². The zero-order valence-corrected chi connectivity index (χ0v) is 16.1. The van der Waals surface area contributed by atoms with Crippen molar-refractivity contribution in [2.75, 3.05) is 31.5 Å². The van der Waals surface area contributed by atoms with Crippen molar-refractivity contribution in [1.29, 1.82) is 0 Å². The highest BCUT2D eigenvalue weighted by Gasteiger charge is 2.45. The molecule has 6 nitrogen and oxygen atoms in total. The molecule has 2 atom stereocenters. The number of hydrogen-bond donors (Lipinski definition) is 2. The smallest absolute Gasteiger partial charge is 0.238 e. The number of likely N-dealkylation sites (tertiary alicyclic amines) is 2. The molecule has 2 aliphatic heterocycles. The van der Waals surface area contributed by atoms with Crippen LogP contribution in [0, 0.1) is 5.82 Å². The summed E-state index contributed by atoms with van der Waals surface area (Å²) in [5, 5.41) is 5.85. The average molecular weight is 395 g/mol. The monoisotopic (exact) mass is 394 g/mol. The third-order valence-electron chi connectivity index (χ3n) is 5.81. The van der Waals surface area contributed by atoms with Crippen molar-refractivity contribution >= 4 is 29.1 Å². The number of nitrogens with one attached hydrogen (secondary N) is 2. The maximum absolute atomic E-state index is 13.2. The molecule has 8 heteroatoms. The third kappa shape index (κ3) is 4.25. The van der Waals surface area contributed by atoms with Gasteiger partial charge in [0, 0.05) is 36.4 Å². The fourth-order valence-electron chi connectivity index (χ4n) is 4.05. The van der Waals surface area contributed by atoms with Crippen LogP contribution in [0.3, 0.4) is 0 Å². The minimum absolute atomic E-state index is 0.0120. The minimum Gasteiger partial charge on any atom is -0.350 e. The van der Waals surface area contributed by atoms with E-state index in [1.54, 1.807) is 0 Å². The predicted octanol–water partition coefficient (Wildman–Crippen LogP) is 1.84. The second-order valence-electron chi connectivity index (χ2n) is 8.19. The molecule has 2 saturated heterocycles. The molecule has 4 rings (SSSR count). The Morgan fingerprint density at radius 3 is 2.37 bits per heavy atom. The lowest BCUT2D eigenvalue weighted by atomic mass is 10.2. The summed E-state index contributed by atoms with van der Waals surface area (Å²) in [7, 11) is 0. The fraction of sp³-hybridized carbons (Fsp3) is 0.579. The molecule has 1 aliphatic carbocycles. The maximum Gasteiger partial charge on any atom is 0.238 e. The first-order valence-corrected chi connectivity index (χ1v) is 9.73. The number of fused-ring (bicyclic) bond motifs is 2. The summed E-state index contributed by atoms with van der Waals surface area (Å²) >= 11 is 5.75. The Labute approximate surface area is 163 Å². The molecule has 2 amide bonds. The Morgan fingerprint density at radius 2 is 1.81 bits per heavy atom. The van der Waals surface area contributed by atoms with E-state index in [1.807, 2.05) is 0 Å². The van der Waals surface area contributed by atoms with Crippen LogP contribution in [-0.4, -0.2) is 65.4 Å². The minimum atomic E-state index is -0.508. The number of nitrogens with zero attached hydrogens (tertiary/aromatic N) is 2. The Morgan fingerprint density at radius 1 is 1.19 bits per heavy atom. The summed E-state index contributed by atoms with van der Waals surface area (Å²) in [6.45, 7) is 4.39. The van der Waals surface area contributed by atoms with E-state index in [0.717, 1.165) is 32.4 Å². The van der Waals surface area contributed by atoms with E-state index in [-0.39, 0.29) is 28.9 Å². The molecule has 1 saturated carbocycles. The second-order valence-corrected chi connectivity index (χ2v) is 8.60. The number of anilines is 1. The third-order valence-corrected chi connectivity index (χ3v) is 6.10. The van der Waals surface area contributed by atoms with Crippen LogP contribution in [0.2, 0.25) is 5.02 Å². The van der Waals surface area contributed by atoms with Crippen molar-refractivity contribution in [2.24, 2.45) is 0 Å². The molecule has 2 N–H and O–H groups in total. The number of rotatable bonds is 6. The zero-order chi connectivity index (χ0) is 19.2. The summed E-state index contributed by atoms with van der Waals surface area (Å²) < 4.78 is 13.2. The fourth-order valence-corrected chi connectivity index (χ4v) is 4.23. The summed E-state index contributed by atoms with van der Waals surface area (Å²) in [4.78, 5) is 28.9. The Balaban J connectivity index is 1.25. The summed E-state index contributed by atoms with van der Waals surface area (Å²) in [5.74, 6) is -0.553. The van der Waals surface area contributed by atoms with Crippen LogP contribution in [0.4, 0.5) is 10.1 Å². The van der Waals surface area contributed by atoms with Gasteiger partial charge in [-0.2, -0.15) is 0 Å². The maximum atomic E-state index is 13.2. The van der Waals surface area contributed by atoms with E-state index < -0.39 is 5.82 Å². The number of hydrogen-bond acceptors (Lipinski definition) is 4. The van der Waals surface area contributed by atoms with Gasteiger partial charge in [0.2, 0.25) is 11.8 Å². The van der Waals surface area contributed by atoms with Crippen LogP contribution < -0.4 is 10.6 Å². The van der Waals surface area contributed by atoms with Crippen LogP contribution >= 0.6 is 11.6 Å². The molecule has 27 heavy (non-hydrogen) atoms. The van der Waals surface area contributed by atoms with Gasteiger partial charge >= 0.3 is 0 Å². The van der Waals surface area contributed by atoms with Crippen LogP contribution in [0.15, 0.2) is 18.2 Å². The van der Waals surface area contributed by atoms with Gasteiger partial charge in [0.1, 0.15) is 5.82 Å². The van der Waals surface area contributed by atoms with Gasteiger partial charge in [-0.3, -0.25) is 19.4 Å². The number of carbonyl (C=O) groups excluding carboxylic acids is 2. The standard InChI is InChI=1S/C19H24ClFN4O2/c1-19(4-5-19)23-18(27)11-25-9-13-7-14(25)8-24(13)10-17(26)22-12-2-3-16(21)15(20)6-12/h2-3,6,13-14H,4-5,7-11H2,1H3,(H,22,26)(H,23,27). The molecular formula is C19H24ClFN4O2. The van der Waals surface area contributed by atoms with Crippen LogP contribution in [0.25, 0.3) is 0 Å². The second kappa shape index (κ2) is 7.04. The molecule has 1 aromatic carbocycles. The highest BCUT2D eigenvalue weighted by atomic mass is 35.5. The van der Waals surface area contributed by atoms with Gasteiger partial charge < -0.3 is 10.6 Å². The normalized spacial score (nSPS) is 26.2. The highest BCUT2D eigenvalue weighted by molar-refractivity contribution is 6.31. The molecule has 0 aromatic heterocycles. The molecular weight excluding hydrogens is 371 g/mol. The van der Waals surface area contributed by atoms with Gasteiger partial charge in [0.05, 0.1) is 18.1 Å². The molecule has 3 fully saturated rings. The first-order valence-electron chi connectivity index (χ1n) is 9.35. The molecule has 146 valence electrons. The molecule has 3 aliphatic rings. The van der Waals surface area contributed by atoms with E-state index in [0.29, 0.717) is 24.3 Å². The quantitative estimate of drug-likeness (QED) is 0.772. The van der Waals surface area contributed by atoms with E-state index in [9.17, 15) is 14.0 Å². The van der Waals surface area contributed by atoms with Crippen LogP contribution in [-0.2, 0) is 9.59 Å². The predicted molar refractivity (Wildman–Crippen MR) is 101 cm³/mol. The van der Waals surface area contributed by atoms with Crippen LogP contribution in [0.5, 0.6) is 0 Å². The Hall–Kier alpha value is -1.70. The number of piperazine rings is 1. The van der Waals surface area contributed by atoms with Gasteiger partial charge in [-0.25, -0.2) is 4.39 Å². The van der Waals surface area contributed by atoms with Crippen molar-refractivity contribution < 1.29 is 14.0 Å². The van der Waals surface area contributed by atoms with Gasteiger partial charge in [-0.1, -0.05) is 11.6 Å². The molecule has 2 unspecified atom stereocenters. The molecule has 0 spiro atoms. The van der Waals surface area contributed by atoms with E-state index >= 15 is 0 Å². The van der Waals surface area contributed by atoms with Crippen molar-refractivity contribution in [3.63, 3.8) is 0 Å². The molecule has 2 heterocycles. The zero-order valence-electron chi connectivity index (χ0n) is 15.3. The summed E-state index contributed by atoms with van der Waals surface area (Å²) in [5.41, 5.74) is 0.506.